The van der Waals surface area contributed by atoms with Gasteiger partial charge in [0.1, 0.15) is 0 Å². The predicted octanol–water partition coefficient (Wildman–Crippen LogP) is 3.67. The van der Waals surface area contributed by atoms with Crippen LogP contribution in [0.5, 0.6) is 0 Å². The highest BCUT2D eigenvalue weighted by Gasteiger charge is 2.31. The highest BCUT2D eigenvalue weighted by Crippen LogP contribution is 2.37. The standard InChI is InChI=1S/C15H16ClN3OS/c16-12-2-1-3-13(14(12)15(17)18-20)19(11-4-5-11)8-10-6-7-21-9-10/h1-3,6-7,9,11,20H,4-5,8H2,(H2,17,18). The van der Waals surface area contributed by atoms with Gasteiger partial charge in [0, 0.05) is 18.3 Å². The Balaban J connectivity index is 2.01. The van der Waals surface area contributed by atoms with E-state index in [4.69, 9.17) is 22.5 Å². The van der Waals surface area contributed by atoms with Crippen molar-refractivity contribution < 1.29 is 5.21 Å². The molecule has 110 valence electrons. The minimum Gasteiger partial charge on any atom is -0.409 e. The van der Waals surface area contributed by atoms with Crippen LogP contribution >= 0.6 is 22.9 Å². The number of oxime groups is 1. The van der Waals surface area contributed by atoms with Gasteiger partial charge in [0.05, 0.1) is 10.6 Å². The van der Waals surface area contributed by atoms with E-state index in [1.54, 1.807) is 17.4 Å². The van der Waals surface area contributed by atoms with E-state index in [-0.39, 0.29) is 5.84 Å². The fraction of sp³-hybridized carbons (Fsp3) is 0.267. The van der Waals surface area contributed by atoms with Gasteiger partial charge >= 0.3 is 0 Å². The largest absolute Gasteiger partial charge is 0.409 e. The maximum absolute atomic E-state index is 9.02. The first kappa shape index (κ1) is 14.2. The summed E-state index contributed by atoms with van der Waals surface area (Å²) in [7, 11) is 0. The van der Waals surface area contributed by atoms with Crippen LogP contribution in [-0.4, -0.2) is 17.1 Å². The van der Waals surface area contributed by atoms with Gasteiger partial charge in [0.25, 0.3) is 0 Å². The van der Waals surface area contributed by atoms with Crippen molar-refractivity contribution in [3.63, 3.8) is 0 Å². The number of nitrogens with two attached hydrogens (primary N) is 1. The molecule has 1 heterocycles. The lowest BCUT2D eigenvalue weighted by atomic mass is 10.1. The second kappa shape index (κ2) is 5.95. The topological polar surface area (TPSA) is 61.9 Å². The summed E-state index contributed by atoms with van der Waals surface area (Å²) >= 11 is 7.94. The van der Waals surface area contributed by atoms with Crippen LogP contribution in [0.2, 0.25) is 5.02 Å². The van der Waals surface area contributed by atoms with Gasteiger partial charge in [-0.25, -0.2) is 0 Å². The molecule has 0 radical (unpaired) electrons. The Morgan fingerprint density at radius 3 is 2.86 bits per heavy atom. The average molecular weight is 322 g/mol. The Morgan fingerprint density at radius 2 is 2.24 bits per heavy atom. The van der Waals surface area contributed by atoms with Crippen molar-refractivity contribution >= 4 is 34.5 Å². The number of hydrogen-bond acceptors (Lipinski definition) is 4. The zero-order chi connectivity index (χ0) is 14.8. The van der Waals surface area contributed by atoms with Crippen LogP contribution in [0.3, 0.4) is 0 Å². The van der Waals surface area contributed by atoms with Crippen LogP contribution < -0.4 is 10.6 Å². The molecule has 0 bridgehead atoms. The molecule has 1 aliphatic rings. The van der Waals surface area contributed by atoms with Crippen LogP contribution in [-0.2, 0) is 6.54 Å². The van der Waals surface area contributed by atoms with E-state index >= 15 is 0 Å². The Labute approximate surface area is 132 Å². The highest BCUT2D eigenvalue weighted by molar-refractivity contribution is 7.07. The molecular formula is C15H16ClN3OS. The van der Waals surface area contributed by atoms with Crippen LogP contribution in [0.15, 0.2) is 40.2 Å². The van der Waals surface area contributed by atoms with Gasteiger partial charge in [0.15, 0.2) is 5.84 Å². The van der Waals surface area contributed by atoms with Crippen molar-refractivity contribution in [3.05, 3.63) is 51.2 Å². The second-order valence-corrected chi connectivity index (χ2v) is 6.30. The van der Waals surface area contributed by atoms with E-state index in [9.17, 15) is 0 Å². The first-order chi connectivity index (χ1) is 10.2. The zero-order valence-corrected chi connectivity index (χ0v) is 12.9. The lowest BCUT2D eigenvalue weighted by Crippen LogP contribution is -2.28. The molecule has 21 heavy (non-hydrogen) atoms. The third-order valence-corrected chi connectivity index (χ3v) is 4.63. The number of halogens is 1. The monoisotopic (exact) mass is 321 g/mol. The SMILES string of the molecule is NC(=NO)c1c(Cl)cccc1N(Cc1ccsc1)C1CC1. The van der Waals surface area contributed by atoms with Crippen LogP contribution in [0.4, 0.5) is 5.69 Å². The average Bonchev–Trinajstić information content (AvgIpc) is 3.20. The molecule has 3 N–H and O–H groups in total. The van der Waals surface area contributed by atoms with Crippen molar-refractivity contribution in [1.82, 2.24) is 0 Å². The van der Waals surface area contributed by atoms with E-state index < -0.39 is 0 Å². The fourth-order valence-electron chi connectivity index (χ4n) is 2.43. The summed E-state index contributed by atoms with van der Waals surface area (Å²) in [5, 5.41) is 16.9. The van der Waals surface area contributed by atoms with Gasteiger partial charge in [-0.3, -0.25) is 0 Å². The van der Waals surface area contributed by atoms with Gasteiger partial charge in [-0.05, 0) is 47.4 Å². The zero-order valence-electron chi connectivity index (χ0n) is 11.4. The molecule has 0 spiro atoms. The molecule has 0 unspecified atom stereocenters. The number of rotatable bonds is 5. The molecule has 1 fully saturated rings. The summed E-state index contributed by atoms with van der Waals surface area (Å²) in [6.07, 6.45) is 2.32. The molecule has 0 saturated heterocycles. The van der Waals surface area contributed by atoms with Crippen molar-refractivity contribution in [2.45, 2.75) is 25.4 Å². The molecule has 0 atom stereocenters. The third-order valence-electron chi connectivity index (χ3n) is 3.59. The normalized spacial score (nSPS) is 15.2. The van der Waals surface area contributed by atoms with E-state index in [2.05, 4.69) is 26.9 Å². The first-order valence-electron chi connectivity index (χ1n) is 6.75. The van der Waals surface area contributed by atoms with Crippen molar-refractivity contribution in [2.75, 3.05) is 4.90 Å². The number of thiophene rings is 1. The molecule has 6 heteroatoms. The summed E-state index contributed by atoms with van der Waals surface area (Å²) in [5.74, 6) is 0.0477. The fourth-order valence-corrected chi connectivity index (χ4v) is 3.36. The molecule has 2 aromatic rings. The third kappa shape index (κ3) is 2.99. The Bertz CT molecular complexity index is 653. The van der Waals surface area contributed by atoms with Gasteiger partial charge < -0.3 is 15.8 Å². The van der Waals surface area contributed by atoms with E-state index in [1.165, 1.54) is 5.56 Å². The van der Waals surface area contributed by atoms with E-state index in [1.807, 2.05) is 12.1 Å². The smallest absolute Gasteiger partial charge is 0.173 e. The van der Waals surface area contributed by atoms with Gasteiger partial charge in [0.2, 0.25) is 0 Å². The molecule has 3 rings (SSSR count). The van der Waals surface area contributed by atoms with E-state index in [0.29, 0.717) is 16.6 Å². The van der Waals surface area contributed by atoms with Crippen LogP contribution in [0, 0.1) is 0 Å². The predicted molar refractivity (Wildman–Crippen MR) is 87.5 cm³/mol. The summed E-state index contributed by atoms with van der Waals surface area (Å²) in [4.78, 5) is 2.29. The second-order valence-electron chi connectivity index (χ2n) is 5.11. The molecule has 1 saturated carbocycles. The summed E-state index contributed by atoms with van der Waals surface area (Å²) in [6.45, 7) is 0.806. The molecule has 1 aromatic heterocycles. The van der Waals surface area contributed by atoms with Gasteiger partial charge in [-0.2, -0.15) is 11.3 Å². The highest BCUT2D eigenvalue weighted by atomic mass is 35.5. The maximum atomic E-state index is 9.02. The summed E-state index contributed by atoms with van der Waals surface area (Å²) < 4.78 is 0. The molecule has 0 aliphatic heterocycles. The summed E-state index contributed by atoms with van der Waals surface area (Å²) in [5.41, 5.74) is 8.60. The number of benzene rings is 1. The first-order valence-corrected chi connectivity index (χ1v) is 8.07. The lowest BCUT2D eigenvalue weighted by molar-refractivity contribution is 0.318. The Kier molecular flexibility index (Phi) is 4.03. The molecule has 1 aromatic carbocycles. The molecule has 0 amide bonds. The van der Waals surface area contributed by atoms with Crippen molar-refractivity contribution in [1.29, 1.82) is 0 Å². The van der Waals surface area contributed by atoms with Crippen molar-refractivity contribution in [2.24, 2.45) is 10.9 Å². The van der Waals surface area contributed by atoms with Crippen LogP contribution in [0.1, 0.15) is 24.0 Å². The number of hydrogen-bond donors (Lipinski definition) is 2. The number of anilines is 1. The minimum atomic E-state index is 0.0477. The number of nitrogens with zero attached hydrogens (tertiary/aromatic N) is 2. The lowest BCUT2D eigenvalue weighted by Gasteiger charge is -2.27. The van der Waals surface area contributed by atoms with E-state index in [0.717, 1.165) is 25.1 Å². The minimum absolute atomic E-state index is 0.0477. The van der Waals surface area contributed by atoms with Crippen LogP contribution in [0.25, 0.3) is 0 Å². The van der Waals surface area contributed by atoms with Crippen molar-refractivity contribution in [3.8, 4) is 0 Å². The molecular weight excluding hydrogens is 306 g/mol. The molecule has 1 aliphatic carbocycles. The Morgan fingerprint density at radius 1 is 1.43 bits per heavy atom. The summed E-state index contributed by atoms with van der Waals surface area (Å²) in [6, 6.07) is 8.24. The van der Waals surface area contributed by atoms with Gasteiger partial charge in [-0.1, -0.05) is 22.8 Å². The Hall–Kier alpha value is -1.72. The number of amidine groups is 1. The maximum Gasteiger partial charge on any atom is 0.173 e. The quantitative estimate of drug-likeness (QED) is 0.382. The molecule has 4 nitrogen and oxygen atoms in total. The van der Waals surface area contributed by atoms with Gasteiger partial charge in [-0.15, -0.1) is 0 Å².